The number of nitro groups is 1. The number of aryl methyl sites for hydroxylation is 3. The Morgan fingerprint density at radius 2 is 1.83 bits per heavy atom. The van der Waals surface area contributed by atoms with Crippen LogP contribution in [0.1, 0.15) is 24.0 Å². The topological polar surface area (TPSA) is 107 Å². The quantitative estimate of drug-likeness (QED) is 0.474. The van der Waals surface area contributed by atoms with Crippen LogP contribution in [0.3, 0.4) is 0 Å². The van der Waals surface area contributed by atoms with Crippen molar-refractivity contribution in [2.75, 3.05) is 5.32 Å². The molecule has 8 heteroatoms. The minimum Gasteiger partial charge on any atom is -0.326 e. The Hall–Kier alpha value is -3.81. The van der Waals surface area contributed by atoms with Crippen molar-refractivity contribution in [1.82, 2.24) is 9.78 Å². The van der Waals surface area contributed by atoms with Crippen LogP contribution < -0.4 is 10.9 Å². The molecule has 1 N–H and O–H groups in total. The first-order valence-electron chi connectivity index (χ1n) is 9.53. The molecule has 0 atom stereocenters. The standard InChI is InChI=1S/C22H22N4O4/c1-15-5-7-17(8-6-15)20-11-12-22(28)25(24-20)13-3-4-21(27)23-19-10-9-18(26(29)30)14-16(19)2/h5-12,14H,3-4,13H2,1-2H3,(H,23,27). The Labute approximate surface area is 173 Å². The maximum absolute atomic E-state index is 12.2. The largest absolute Gasteiger partial charge is 0.326 e. The molecule has 1 amide bonds. The fourth-order valence-corrected chi connectivity index (χ4v) is 2.99. The zero-order valence-corrected chi connectivity index (χ0v) is 16.8. The van der Waals surface area contributed by atoms with Gasteiger partial charge in [-0.05, 0) is 38.0 Å². The molecule has 0 aliphatic heterocycles. The third kappa shape index (κ3) is 5.16. The van der Waals surface area contributed by atoms with Crippen LogP contribution in [0.5, 0.6) is 0 Å². The second-order valence-corrected chi connectivity index (χ2v) is 7.05. The van der Waals surface area contributed by atoms with Gasteiger partial charge in [-0.3, -0.25) is 19.7 Å². The summed E-state index contributed by atoms with van der Waals surface area (Å²) in [5, 5.41) is 18.0. The lowest BCUT2D eigenvalue weighted by atomic mass is 10.1. The van der Waals surface area contributed by atoms with E-state index in [0.717, 1.165) is 11.1 Å². The number of benzene rings is 2. The third-order valence-corrected chi connectivity index (χ3v) is 4.68. The summed E-state index contributed by atoms with van der Waals surface area (Å²) in [5.74, 6) is -0.227. The van der Waals surface area contributed by atoms with Gasteiger partial charge in [0.15, 0.2) is 0 Å². The Bertz CT molecular complexity index is 1140. The average Bonchev–Trinajstić information content (AvgIpc) is 2.71. The Kier molecular flexibility index (Phi) is 6.36. The summed E-state index contributed by atoms with van der Waals surface area (Å²) in [6.07, 6.45) is 0.626. The molecular weight excluding hydrogens is 384 g/mol. The number of carbonyl (C=O) groups is 1. The lowest BCUT2D eigenvalue weighted by Crippen LogP contribution is -2.23. The van der Waals surface area contributed by atoms with E-state index in [9.17, 15) is 19.7 Å². The molecule has 1 heterocycles. The maximum atomic E-state index is 12.2. The summed E-state index contributed by atoms with van der Waals surface area (Å²) in [7, 11) is 0. The van der Waals surface area contributed by atoms with Gasteiger partial charge in [0.2, 0.25) is 5.91 Å². The number of carbonyl (C=O) groups excluding carboxylic acids is 1. The normalized spacial score (nSPS) is 10.6. The highest BCUT2D eigenvalue weighted by molar-refractivity contribution is 5.91. The number of nitrogens with zero attached hydrogens (tertiary/aromatic N) is 3. The van der Waals surface area contributed by atoms with Crippen molar-refractivity contribution in [3.8, 4) is 11.3 Å². The molecule has 0 aliphatic rings. The van der Waals surface area contributed by atoms with E-state index < -0.39 is 4.92 Å². The highest BCUT2D eigenvalue weighted by Crippen LogP contribution is 2.21. The number of aromatic nitrogens is 2. The van der Waals surface area contributed by atoms with Crippen LogP contribution in [0.4, 0.5) is 11.4 Å². The molecule has 3 rings (SSSR count). The van der Waals surface area contributed by atoms with Crippen LogP contribution >= 0.6 is 0 Å². The fraction of sp³-hybridized carbons (Fsp3) is 0.227. The fourth-order valence-electron chi connectivity index (χ4n) is 2.99. The van der Waals surface area contributed by atoms with Crippen LogP contribution in [0, 0.1) is 24.0 Å². The number of rotatable bonds is 7. The summed E-state index contributed by atoms with van der Waals surface area (Å²) in [4.78, 5) is 34.7. The van der Waals surface area contributed by atoms with Crippen LogP contribution in [-0.4, -0.2) is 20.6 Å². The molecule has 8 nitrogen and oxygen atoms in total. The van der Waals surface area contributed by atoms with Gasteiger partial charge in [0, 0.05) is 42.4 Å². The van der Waals surface area contributed by atoms with Crippen LogP contribution in [0.2, 0.25) is 0 Å². The summed E-state index contributed by atoms with van der Waals surface area (Å²) in [5.41, 5.74) is 3.65. The Balaban J connectivity index is 1.60. The summed E-state index contributed by atoms with van der Waals surface area (Å²) >= 11 is 0. The Morgan fingerprint density at radius 1 is 1.10 bits per heavy atom. The number of hydrogen-bond acceptors (Lipinski definition) is 5. The van der Waals surface area contributed by atoms with Crippen molar-refractivity contribution < 1.29 is 9.72 Å². The van der Waals surface area contributed by atoms with E-state index >= 15 is 0 Å². The van der Waals surface area contributed by atoms with Gasteiger partial charge in [0.25, 0.3) is 11.2 Å². The van der Waals surface area contributed by atoms with Gasteiger partial charge in [-0.15, -0.1) is 0 Å². The number of anilines is 1. The van der Waals surface area contributed by atoms with Crippen molar-refractivity contribution >= 4 is 17.3 Å². The van der Waals surface area contributed by atoms with E-state index in [1.165, 1.54) is 28.9 Å². The summed E-state index contributed by atoms with van der Waals surface area (Å²) < 4.78 is 1.36. The van der Waals surface area contributed by atoms with Gasteiger partial charge in [0.05, 0.1) is 10.6 Å². The van der Waals surface area contributed by atoms with Gasteiger partial charge in [-0.25, -0.2) is 4.68 Å². The predicted octanol–water partition coefficient (Wildman–Crippen LogP) is 3.85. The predicted molar refractivity (Wildman–Crippen MR) is 114 cm³/mol. The zero-order chi connectivity index (χ0) is 21.7. The zero-order valence-electron chi connectivity index (χ0n) is 16.8. The van der Waals surface area contributed by atoms with Crippen LogP contribution in [0.25, 0.3) is 11.3 Å². The molecule has 30 heavy (non-hydrogen) atoms. The molecule has 0 spiro atoms. The molecule has 1 aromatic heterocycles. The second-order valence-electron chi connectivity index (χ2n) is 7.05. The first kappa shape index (κ1) is 20.9. The molecule has 0 fully saturated rings. The van der Waals surface area contributed by atoms with Gasteiger partial charge in [0.1, 0.15) is 0 Å². The van der Waals surface area contributed by atoms with Crippen molar-refractivity contribution in [2.24, 2.45) is 0 Å². The van der Waals surface area contributed by atoms with Crippen LogP contribution in [0.15, 0.2) is 59.4 Å². The van der Waals surface area contributed by atoms with Crippen molar-refractivity contribution in [3.05, 3.63) is 86.2 Å². The van der Waals surface area contributed by atoms with Crippen LogP contribution in [-0.2, 0) is 11.3 Å². The smallest absolute Gasteiger partial charge is 0.269 e. The first-order valence-corrected chi connectivity index (χ1v) is 9.53. The summed E-state index contributed by atoms with van der Waals surface area (Å²) in [6, 6.07) is 15.3. The van der Waals surface area contributed by atoms with Gasteiger partial charge < -0.3 is 5.32 Å². The minimum absolute atomic E-state index is 0.0237. The van der Waals surface area contributed by atoms with E-state index in [4.69, 9.17) is 0 Å². The van der Waals surface area contributed by atoms with Crippen molar-refractivity contribution in [3.63, 3.8) is 0 Å². The maximum Gasteiger partial charge on any atom is 0.269 e. The molecule has 0 saturated carbocycles. The van der Waals surface area contributed by atoms with E-state index in [1.54, 1.807) is 13.0 Å². The van der Waals surface area contributed by atoms with E-state index in [-0.39, 0.29) is 23.6 Å². The van der Waals surface area contributed by atoms with Gasteiger partial charge >= 0.3 is 0 Å². The molecular formula is C22H22N4O4. The average molecular weight is 406 g/mol. The van der Waals surface area contributed by atoms with Gasteiger partial charge in [-0.1, -0.05) is 29.8 Å². The third-order valence-electron chi connectivity index (χ3n) is 4.68. The summed E-state index contributed by atoms with van der Waals surface area (Å²) in [6.45, 7) is 4.01. The lowest BCUT2D eigenvalue weighted by molar-refractivity contribution is -0.384. The molecule has 0 unspecified atom stereocenters. The number of nitro benzene ring substituents is 1. The number of amides is 1. The number of nitrogens with one attached hydrogen (secondary N) is 1. The van der Waals surface area contributed by atoms with Crippen molar-refractivity contribution in [2.45, 2.75) is 33.2 Å². The van der Waals surface area contributed by atoms with Crippen molar-refractivity contribution in [1.29, 1.82) is 0 Å². The number of non-ortho nitro benzene ring substituents is 1. The first-order chi connectivity index (χ1) is 14.3. The molecule has 0 saturated heterocycles. The highest BCUT2D eigenvalue weighted by atomic mass is 16.6. The van der Waals surface area contributed by atoms with E-state index in [1.807, 2.05) is 31.2 Å². The number of hydrogen-bond donors (Lipinski definition) is 1. The monoisotopic (exact) mass is 406 g/mol. The SMILES string of the molecule is Cc1ccc(-c2ccc(=O)n(CCCC(=O)Nc3ccc([N+](=O)[O-])cc3C)n2)cc1. The second kappa shape index (κ2) is 9.13. The molecule has 3 aromatic rings. The molecule has 0 aliphatic carbocycles. The van der Waals surface area contributed by atoms with Gasteiger partial charge in [-0.2, -0.15) is 5.10 Å². The van der Waals surface area contributed by atoms with E-state index in [0.29, 0.717) is 29.9 Å². The highest BCUT2D eigenvalue weighted by Gasteiger charge is 2.11. The molecule has 0 radical (unpaired) electrons. The molecule has 0 bridgehead atoms. The minimum atomic E-state index is -0.478. The lowest BCUT2D eigenvalue weighted by Gasteiger charge is -2.09. The molecule has 154 valence electrons. The van der Waals surface area contributed by atoms with E-state index in [2.05, 4.69) is 10.4 Å². The Morgan fingerprint density at radius 3 is 2.50 bits per heavy atom. The molecule has 2 aromatic carbocycles.